The number of aliphatic imine (C=N–C) groups is 1. The standard InChI is InChI=1S/C56H75N13O12/c1-68-45(32-35-16-8-5-9-17-35)53(78)66-41(19-11-3-2-10-18-38(49(74)62-33-47(68)72)63-43(55(80)81)31-36-22-24-37(70)25-23-36)54(79)69-29-13-21-44(69)52(77)65-40(26-27-46(57)71)51(76)64-39(20-12-28-61-56(59)60)50(75)67-42(48(58)73)30-34-14-6-4-7-15-34/h3-9,11,14-17,22-25,38-45,63,70H,2,10,12-13,18-21,26-33H2,1H3,(H2,57,71)(H2,58,73)(H,62,74)(H,64,76)(H,65,77)(H,66,78)(H,67,75)(H,80,81)(H4,59,60,61)/b11-3+/t38-,39+,40+,41+,42+,43+,44+,45+/m1/s1. The fraction of sp³-hybridized carbons (Fsp3) is 0.446. The van der Waals surface area contributed by atoms with Gasteiger partial charge in [-0.3, -0.25) is 58.3 Å². The lowest BCUT2D eigenvalue weighted by Gasteiger charge is -2.32. The second kappa shape index (κ2) is 31.7. The molecule has 0 radical (unpaired) electrons. The number of likely N-dealkylation sites (N-methyl/N-ethyl adjacent to an activating group) is 1. The zero-order valence-corrected chi connectivity index (χ0v) is 45.3. The quantitative estimate of drug-likeness (QED) is 0.0213. The summed E-state index contributed by atoms with van der Waals surface area (Å²) in [4.78, 5) is 143. The highest BCUT2D eigenvalue weighted by atomic mass is 16.4. The number of carbonyl (C=O) groups excluding carboxylic acids is 9. The van der Waals surface area contributed by atoms with Crippen molar-refractivity contribution < 1.29 is 58.2 Å². The van der Waals surface area contributed by atoms with Crippen molar-refractivity contribution in [3.05, 3.63) is 114 Å². The first kappa shape index (κ1) is 63.0. The molecule has 81 heavy (non-hydrogen) atoms. The number of aromatic hydroxyl groups is 1. The molecule has 3 aromatic carbocycles. The summed E-state index contributed by atoms with van der Waals surface area (Å²) in [5, 5.41) is 36.2. The van der Waals surface area contributed by atoms with Gasteiger partial charge >= 0.3 is 5.97 Å². The number of aliphatic carboxylic acids is 1. The molecule has 25 nitrogen and oxygen atoms in total. The van der Waals surface area contributed by atoms with Gasteiger partial charge in [0.2, 0.25) is 53.2 Å². The molecule has 16 N–H and O–H groups in total. The summed E-state index contributed by atoms with van der Waals surface area (Å²) in [6.45, 7) is -0.431. The van der Waals surface area contributed by atoms with E-state index in [1.54, 1.807) is 84.9 Å². The Morgan fingerprint density at radius 2 is 1.35 bits per heavy atom. The lowest BCUT2D eigenvalue weighted by atomic mass is 10.0. The van der Waals surface area contributed by atoms with E-state index in [9.17, 15) is 58.2 Å². The van der Waals surface area contributed by atoms with Crippen LogP contribution in [0.2, 0.25) is 0 Å². The van der Waals surface area contributed by atoms with Gasteiger partial charge in [0.05, 0.1) is 12.6 Å². The van der Waals surface area contributed by atoms with E-state index in [0.29, 0.717) is 36.0 Å². The molecule has 5 rings (SSSR count). The minimum absolute atomic E-state index is 0.00359. The second-order valence-corrected chi connectivity index (χ2v) is 20.0. The van der Waals surface area contributed by atoms with E-state index in [-0.39, 0.29) is 89.0 Å². The average Bonchev–Trinajstić information content (AvgIpc) is 3.96. The van der Waals surface area contributed by atoms with E-state index in [1.807, 2.05) is 0 Å². The van der Waals surface area contributed by atoms with Gasteiger partial charge in [-0.05, 0) is 93.0 Å². The Balaban J connectivity index is 1.38. The van der Waals surface area contributed by atoms with E-state index in [1.165, 1.54) is 24.1 Å². The number of nitrogens with zero attached hydrogens (tertiary/aromatic N) is 3. The van der Waals surface area contributed by atoms with Crippen molar-refractivity contribution in [3.63, 3.8) is 0 Å². The van der Waals surface area contributed by atoms with Gasteiger partial charge in [-0.15, -0.1) is 0 Å². The Morgan fingerprint density at radius 1 is 0.728 bits per heavy atom. The van der Waals surface area contributed by atoms with Gasteiger partial charge in [0.15, 0.2) is 5.96 Å². The summed E-state index contributed by atoms with van der Waals surface area (Å²) in [6.07, 6.45) is 4.07. The minimum Gasteiger partial charge on any atom is -0.508 e. The highest BCUT2D eigenvalue weighted by molar-refractivity contribution is 5.98. The van der Waals surface area contributed by atoms with Crippen LogP contribution in [-0.4, -0.2) is 160 Å². The van der Waals surface area contributed by atoms with Crippen molar-refractivity contribution in [2.24, 2.45) is 27.9 Å². The van der Waals surface area contributed by atoms with Gasteiger partial charge in [0, 0.05) is 39.4 Å². The van der Waals surface area contributed by atoms with Crippen molar-refractivity contribution in [1.29, 1.82) is 0 Å². The number of allylic oxidation sites excluding steroid dienone is 1. The number of carbonyl (C=O) groups is 10. The molecule has 0 spiro atoms. The van der Waals surface area contributed by atoms with Crippen LogP contribution in [0.4, 0.5) is 0 Å². The summed E-state index contributed by atoms with van der Waals surface area (Å²) in [6, 6.07) is 13.5. The first-order valence-corrected chi connectivity index (χ1v) is 26.9. The molecule has 25 heteroatoms. The van der Waals surface area contributed by atoms with Gasteiger partial charge < -0.3 is 69.5 Å². The molecule has 436 valence electrons. The van der Waals surface area contributed by atoms with Crippen LogP contribution in [-0.2, 0) is 67.2 Å². The number of hydrogen-bond donors (Lipinski definition) is 12. The zero-order chi connectivity index (χ0) is 59.0. The van der Waals surface area contributed by atoms with Gasteiger partial charge in [0.1, 0.15) is 48.0 Å². The molecular formula is C56H75N13O12. The van der Waals surface area contributed by atoms with Crippen LogP contribution < -0.4 is 54.8 Å². The monoisotopic (exact) mass is 1120 g/mol. The van der Waals surface area contributed by atoms with Crippen LogP contribution in [0.25, 0.3) is 0 Å². The van der Waals surface area contributed by atoms with E-state index in [0.717, 1.165) is 4.90 Å². The molecule has 2 aliphatic heterocycles. The maximum Gasteiger partial charge on any atom is 0.321 e. The lowest BCUT2D eigenvalue weighted by molar-refractivity contribution is -0.144. The number of nitrogens with two attached hydrogens (primary N) is 4. The van der Waals surface area contributed by atoms with Crippen LogP contribution in [0.1, 0.15) is 80.9 Å². The Labute approximate surface area is 469 Å². The smallest absolute Gasteiger partial charge is 0.321 e. The maximum absolute atomic E-state index is 14.8. The number of hydrogen-bond acceptors (Lipinski definition) is 13. The van der Waals surface area contributed by atoms with Crippen molar-refractivity contribution in [2.75, 3.05) is 26.7 Å². The molecule has 0 unspecified atom stereocenters. The SMILES string of the molecule is CN1C(=O)CNC(=O)[C@H](N[C@@H](Cc2ccc(O)cc2)C(=O)O)CCC/C=C/C[C@@H](C(=O)N2CCC[C@H]2C(=O)N[C@@H](CCC(N)=O)C(=O)N[C@@H](CCCN=C(N)N)C(=O)N[C@@H](Cc2ccccc2)C(N)=O)NC(=O)[C@@H]1Cc1ccccc1. The highest BCUT2D eigenvalue weighted by Crippen LogP contribution is 2.22. The highest BCUT2D eigenvalue weighted by Gasteiger charge is 2.40. The van der Waals surface area contributed by atoms with Gasteiger partial charge in [0.25, 0.3) is 0 Å². The molecule has 9 amide bonds. The second-order valence-electron chi connectivity index (χ2n) is 20.0. The van der Waals surface area contributed by atoms with E-state index >= 15 is 0 Å². The number of guanidine groups is 1. The first-order chi connectivity index (χ1) is 38.7. The maximum atomic E-state index is 14.8. The molecule has 8 atom stereocenters. The largest absolute Gasteiger partial charge is 0.508 e. The van der Waals surface area contributed by atoms with Gasteiger partial charge in [-0.2, -0.15) is 0 Å². The number of phenols is 1. The number of likely N-dealkylation sites (tertiary alicyclic amines) is 1. The van der Waals surface area contributed by atoms with Crippen LogP contribution in [0.15, 0.2) is 102 Å². The fourth-order valence-electron chi connectivity index (χ4n) is 9.44. The molecule has 2 aliphatic rings. The van der Waals surface area contributed by atoms with Gasteiger partial charge in [-0.1, -0.05) is 84.9 Å². The molecule has 0 bridgehead atoms. The molecule has 1 saturated heterocycles. The summed E-state index contributed by atoms with van der Waals surface area (Å²) in [7, 11) is 1.38. The average molecular weight is 1120 g/mol. The molecule has 1 fully saturated rings. The third-order valence-electron chi connectivity index (χ3n) is 13.9. The van der Waals surface area contributed by atoms with Crippen LogP contribution in [0, 0.1) is 0 Å². The number of carboxylic acid groups (broad SMARTS) is 1. The predicted molar refractivity (Wildman–Crippen MR) is 298 cm³/mol. The number of benzene rings is 3. The summed E-state index contributed by atoms with van der Waals surface area (Å²) < 4.78 is 0. The molecule has 0 saturated carbocycles. The van der Waals surface area contributed by atoms with Gasteiger partial charge in [-0.25, -0.2) is 0 Å². The molecule has 0 aliphatic carbocycles. The normalized spacial score (nSPS) is 20.0. The van der Waals surface area contributed by atoms with E-state index in [4.69, 9.17) is 22.9 Å². The van der Waals surface area contributed by atoms with E-state index < -0.39 is 114 Å². The summed E-state index contributed by atoms with van der Waals surface area (Å²) >= 11 is 0. The third kappa shape index (κ3) is 20.4. The van der Waals surface area contributed by atoms with Crippen molar-refractivity contribution in [3.8, 4) is 5.75 Å². The molecular weight excluding hydrogens is 1050 g/mol. The Hall–Kier alpha value is -8.87. The number of phenolic OH excluding ortho intramolecular Hbond substituents is 1. The van der Waals surface area contributed by atoms with E-state index in [2.05, 4.69) is 36.9 Å². The zero-order valence-electron chi connectivity index (χ0n) is 45.3. The molecule has 2 heterocycles. The summed E-state index contributed by atoms with van der Waals surface area (Å²) in [5.74, 6) is -8.22. The number of rotatable bonds is 24. The lowest BCUT2D eigenvalue weighted by Crippen LogP contribution is -2.60. The topological polar surface area (TPSA) is 406 Å². The predicted octanol–water partition coefficient (Wildman–Crippen LogP) is -1.36. The first-order valence-electron chi connectivity index (χ1n) is 26.9. The molecule has 0 aromatic heterocycles. The number of carboxylic acids is 1. The number of primary amides is 2. The number of amides is 9. The van der Waals surface area contributed by atoms with Crippen LogP contribution >= 0.6 is 0 Å². The summed E-state index contributed by atoms with van der Waals surface area (Å²) in [5.41, 5.74) is 24.1. The molecule has 3 aromatic rings. The Kier molecular flexibility index (Phi) is 24.6. The Morgan fingerprint density at radius 3 is 1.98 bits per heavy atom. The Bertz CT molecular complexity index is 2730. The third-order valence-corrected chi connectivity index (χ3v) is 13.9. The van der Waals surface area contributed by atoms with Crippen LogP contribution in [0.3, 0.4) is 0 Å². The number of nitrogens with one attached hydrogen (secondary N) is 6. The van der Waals surface area contributed by atoms with Crippen LogP contribution in [0.5, 0.6) is 5.75 Å². The minimum atomic E-state index is -1.47. The van der Waals surface area contributed by atoms with Crippen molar-refractivity contribution >= 4 is 65.1 Å². The van der Waals surface area contributed by atoms with Crippen molar-refractivity contribution in [2.45, 2.75) is 132 Å². The van der Waals surface area contributed by atoms with Crippen molar-refractivity contribution in [1.82, 2.24) is 41.7 Å². The fourth-order valence-corrected chi connectivity index (χ4v) is 9.44.